The van der Waals surface area contributed by atoms with Gasteiger partial charge in [-0.05, 0) is 42.7 Å². The molecule has 0 saturated carbocycles. The zero-order valence-electron chi connectivity index (χ0n) is 10.3. The predicted molar refractivity (Wildman–Crippen MR) is 80.6 cm³/mol. The summed E-state index contributed by atoms with van der Waals surface area (Å²) in [6, 6.07) is 9.86. The largest absolute Gasteiger partial charge is 0.207 e. The van der Waals surface area contributed by atoms with Gasteiger partial charge >= 0.3 is 0 Å². The van der Waals surface area contributed by atoms with Crippen molar-refractivity contribution >= 4 is 31.9 Å². The molecule has 1 unspecified atom stereocenters. The third-order valence-electron chi connectivity index (χ3n) is 2.94. The zero-order valence-corrected chi connectivity index (χ0v) is 13.4. The van der Waals surface area contributed by atoms with E-state index >= 15 is 0 Å². The predicted octanol–water partition coefficient (Wildman–Crippen LogP) is 5.71. The highest BCUT2D eigenvalue weighted by Gasteiger charge is 2.17. The molecule has 2 aromatic rings. The van der Waals surface area contributed by atoms with Gasteiger partial charge in [0.1, 0.15) is 11.6 Å². The number of halogens is 4. The van der Waals surface area contributed by atoms with E-state index < -0.39 is 11.6 Å². The molecule has 0 spiro atoms. The molecule has 0 amide bonds. The quantitative estimate of drug-likeness (QED) is 0.589. The Morgan fingerprint density at radius 2 is 1.74 bits per heavy atom. The molecule has 0 saturated heterocycles. The van der Waals surface area contributed by atoms with E-state index in [1.54, 1.807) is 0 Å². The van der Waals surface area contributed by atoms with Gasteiger partial charge in [-0.25, -0.2) is 8.78 Å². The lowest BCUT2D eigenvalue weighted by molar-refractivity contribution is 0.554. The Morgan fingerprint density at radius 1 is 1.11 bits per heavy atom. The van der Waals surface area contributed by atoms with Crippen molar-refractivity contribution in [1.29, 1.82) is 0 Å². The summed E-state index contributed by atoms with van der Waals surface area (Å²) >= 11 is 6.98. The summed E-state index contributed by atoms with van der Waals surface area (Å²) < 4.78 is 28.2. The molecule has 2 aromatic carbocycles. The van der Waals surface area contributed by atoms with Crippen LogP contribution in [0.15, 0.2) is 40.9 Å². The molecule has 0 aromatic heterocycles. The van der Waals surface area contributed by atoms with E-state index in [0.29, 0.717) is 0 Å². The molecular weight excluding hydrogens is 378 g/mol. The molecule has 0 N–H and O–H groups in total. The number of hydrogen-bond acceptors (Lipinski definition) is 0. The summed E-state index contributed by atoms with van der Waals surface area (Å²) in [4.78, 5) is -0.145. The summed E-state index contributed by atoms with van der Waals surface area (Å²) in [5.41, 5.74) is 2.22. The standard InChI is InChI=1S/C15H12Br2F2/c1-9-5-6-10(12(16)7-9)13(17)8-11-14(18)3-2-4-15(11)19/h2-7,13H,8H2,1H3. The number of alkyl halides is 1. The van der Waals surface area contributed by atoms with Crippen LogP contribution in [0.1, 0.15) is 21.5 Å². The van der Waals surface area contributed by atoms with Crippen molar-refractivity contribution in [2.75, 3.05) is 0 Å². The van der Waals surface area contributed by atoms with E-state index in [2.05, 4.69) is 31.9 Å². The molecule has 1 atom stereocenters. The van der Waals surface area contributed by atoms with Crippen LogP contribution < -0.4 is 0 Å². The number of aryl methyl sites for hydroxylation is 1. The second-order valence-corrected chi connectivity index (χ2v) is 6.36. The Labute approximate surface area is 128 Å². The minimum atomic E-state index is -0.507. The summed E-state index contributed by atoms with van der Waals surface area (Å²) in [6.07, 6.45) is 0.264. The molecule has 0 nitrogen and oxygen atoms in total. The van der Waals surface area contributed by atoms with E-state index in [1.807, 2.05) is 25.1 Å². The Morgan fingerprint density at radius 3 is 2.32 bits per heavy atom. The number of benzene rings is 2. The molecule has 0 heterocycles. The lowest BCUT2D eigenvalue weighted by Crippen LogP contribution is -2.02. The highest BCUT2D eigenvalue weighted by atomic mass is 79.9. The van der Waals surface area contributed by atoms with Crippen LogP contribution in [0, 0.1) is 18.6 Å². The van der Waals surface area contributed by atoms with Gasteiger partial charge in [0.25, 0.3) is 0 Å². The molecular formula is C15H12Br2F2. The van der Waals surface area contributed by atoms with Crippen LogP contribution in [0.5, 0.6) is 0 Å². The van der Waals surface area contributed by atoms with Crippen molar-refractivity contribution in [1.82, 2.24) is 0 Å². The van der Waals surface area contributed by atoms with E-state index in [-0.39, 0.29) is 16.8 Å². The summed E-state index contributed by atoms with van der Waals surface area (Å²) in [6.45, 7) is 1.99. The second kappa shape index (κ2) is 6.14. The van der Waals surface area contributed by atoms with Gasteiger partial charge in [-0.2, -0.15) is 0 Å². The first-order valence-corrected chi connectivity index (χ1v) is 7.53. The topological polar surface area (TPSA) is 0 Å². The first-order valence-electron chi connectivity index (χ1n) is 5.82. The highest BCUT2D eigenvalue weighted by Crippen LogP contribution is 2.34. The lowest BCUT2D eigenvalue weighted by atomic mass is 10.0. The van der Waals surface area contributed by atoms with Gasteiger partial charge < -0.3 is 0 Å². The van der Waals surface area contributed by atoms with Gasteiger partial charge in [0.05, 0.1) is 0 Å². The number of rotatable bonds is 3. The van der Waals surface area contributed by atoms with Crippen LogP contribution in [0.3, 0.4) is 0 Å². The minimum absolute atomic E-state index is 0.108. The molecule has 0 aliphatic rings. The molecule has 0 radical (unpaired) electrons. The Balaban J connectivity index is 2.28. The molecule has 0 aliphatic heterocycles. The highest BCUT2D eigenvalue weighted by molar-refractivity contribution is 9.11. The maximum atomic E-state index is 13.6. The second-order valence-electron chi connectivity index (χ2n) is 4.40. The van der Waals surface area contributed by atoms with E-state index in [9.17, 15) is 8.78 Å². The van der Waals surface area contributed by atoms with Crippen molar-refractivity contribution in [2.45, 2.75) is 18.2 Å². The molecule has 0 aliphatic carbocycles. The molecule has 2 rings (SSSR count). The molecule has 0 bridgehead atoms. The smallest absolute Gasteiger partial charge is 0.129 e. The van der Waals surface area contributed by atoms with Crippen LogP contribution in [-0.2, 0) is 6.42 Å². The summed E-state index contributed by atoms with van der Waals surface area (Å²) in [5.74, 6) is -1.01. The van der Waals surface area contributed by atoms with Crippen molar-refractivity contribution in [3.63, 3.8) is 0 Å². The van der Waals surface area contributed by atoms with Gasteiger partial charge in [-0.3, -0.25) is 0 Å². The van der Waals surface area contributed by atoms with Crippen molar-refractivity contribution in [3.8, 4) is 0 Å². The molecule has 4 heteroatoms. The molecule has 100 valence electrons. The monoisotopic (exact) mass is 388 g/mol. The molecule has 19 heavy (non-hydrogen) atoms. The van der Waals surface area contributed by atoms with Gasteiger partial charge in [-0.15, -0.1) is 0 Å². The van der Waals surface area contributed by atoms with Crippen LogP contribution in [0.25, 0.3) is 0 Å². The van der Waals surface area contributed by atoms with E-state index in [1.165, 1.54) is 18.2 Å². The maximum absolute atomic E-state index is 13.6. The van der Waals surface area contributed by atoms with Crippen molar-refractivity contribution in [2.24, 2.45) is 0 Å². The first-order chi connectivity index (χ1) is 8.99. The fraction of sp³-hybridized carbons (Fsp3) is 0.200. The SMILES string of the molecule is Cc1ccc(C(Br)Cc2c(F)cccc2F)c(Br)c1. The number of hydrogen-bond donors (Lipinski definition) is 0. The Hall–Kier alpha value is -0.740. The van der Waals surface area contributed by atoms with Gasteiger partial charge in [0.2, 0.25) is 0 Å². The Bertz CT molecular complexity index is 576. The molecule has 0 fully saturated rings. The van der Waals surface area contributed by atoms with Crippen LogP contribution >= 0.6 is 31.9 Å². The van der Waals surface area contributed by atoms with Gasteiger partial charge in [0, 0.05) is 14.9 Å². The zero-order chi connectivity index (χ0) is 14.0. The van der Waals surface area contributed by atoms with Crippen LogP contribution in [0.4, 0.5) is 8.78 Å². The van der Waals surface area contributed by atoms with Gasteiger partial charge in [-0.1, -0.05) is 50.1 Å². The Kier molecular flexibility index (Phi) is 4.74. The third-order valence-corrected chi connectivity index (χ3v) is 4.44. The van der Waals surface area contributed by atoms with E-state index in [0.717, 1.165) is 15.6 Å². The van der Waals surface area contributed by atoms with Crippen LogP contribution in [-0.4, -0.2) is 0 Å². The third kappa shape index (κ3) is 3.42. The van der Waals surface area contributed by atoms with Crippen molar-refractivity contribution < 1.29 is 8.78 Å². The summed E-state index contributed by atoms with van der Waals surface area (Å²) in [7, 11) is 0. The normalized spacial score (nSPS) is 12.5. The average molecular weight is 390 g/mol. The van der Waals surface area contributed by atoms with Crippen molar-refractivity contribution in [3.05, 3.63) is 69.2 Å². The maximum Gasteiger partial charge on any atom is 0.129 e. The summed E-state index contributed by atoms with van der Waals surface area (Å²) in [5, 5.41) is 0. The lowest BCUT2D eigenvalue weighted by Gasteiger charge is -2.14. The minimum Gasteiger partial charge on any atom is -0.207 e. The van der Waals surface area contributed by atoms with E-state index in [4.69, 9.17) is 0 Å². The fourth-order valence-electron chi connectivity index (χ4n) is 1.90. The average Bonchev–Trinajstić information content (AvgIpc) is 2.33. The van der Waals surface area contributed by atoms with Gasteiger partial charge in [0.15, 0.2) is 0 Å². The van der Waals surface area contributed by atoms with Crippen LogP contribution in [0.2, 0.25) is 0 Å². The first kappa shape index (κ1) is 14.7. The fourth-order valence-corrected chi connectivity index (χ4v) is 3.70.